The molecule has 18 heavy (non-hydrogen) atoms. The molecule has 6 heteroatoms. The fourth-order valence-corrected chi connectivity index (χ4v) is 2.00. The van der Waals surface area contributed by atoms with Crippen molar-refractivity contribution < 1.29 is 17.6 Å². The van der Waals surface area contributed by atoms with E-state index in [0.29, 0.717) is 15.3 Å². The van der Waals surface area contributed by atoms with Crippen molar-refractivity contribution >= 4 is 34.0 Å². The largest absolute Gasteiger partial charge is 0.352 e. The van der Waals surface area contributed by atoms with E-state index in [2.05, 4.69) is 5.32 Å². The molecule has 0 aliphatic rings. The molecular formula is C12H6F4IN. The molecule has 1 nitrogen and oxygen atoms in total. The van der Waals surface area contributed by atoms with Gasteiger partial charge in [0.05, 0.1) is 11.4 Å². The third kappa shape index (κ3) is 2.74. The molecule has 0 fully saturated rings. The van der Waals surface area contributed by atoms with Crippen molar-refractivity contribution in [3.05, 3.63) is 57.2 Å². The maximum Gasteiger partial charge on any atom is 0.182 e. The van der Waals surface area contributed by atoms with Gasteiger partial charge in [0.15, 0.2) is 11.6 Å². The maximum absolute atomic E-state index is 13.4. The summed E-state index contributed by atoms with van der Waals surface area (Å²) >= 11 is 1.83. The van der Waals surface area contributed by atoms with E-state index in [1.807, 2.05) is 22.6 Å². The second-order valence-electron chi connectivity index (χ2n) is 3.50. The van der Waals surface area contributed by atoms with Crippen molar-refractivity contribution in [2.45, 2.75) is 0 Å². The summed E-state index contributed by atoms with van der Waals surface area (Å²) in [6.45, 7) is 0. The molecule has 2 rings (SSSR count). The molecule has 1 N–H and O–H groups in total. The van der Waals surface area contributed by atoms with Gasteiger partial charge < -0.3 is 5.32 Å². The zero-order valence-electron chi connectivity index (χ0n) is 8.78. The molecule has 0 aliphatic carbocycles. The van der Waals surface area contributed by atoms with Gasteiger partial charge in [-0.25, -0.2) is 17.6 Å². The van der Waals surface area contributed by atoms with E-state index in [1.54, 1.807) is 0 Å². The quantitative estimate of drug-likeness (QED) is 0.465. The van der Waals surface area contributed by atoms with Crippen LogP contribution in [-0.4, -0.2) is 0 Å². The van der Waals surface area contributed by atoms with Crippen LogP contribution in [0.15, 0.2) is 30.3 Å². The number of hydrogen-bond acceptors (Lipinski definition) is 1. The molecule has 0 amide bonds. The Kier molecular flexibility index (Phi) is 3.74. The van der Waals surface area contributed by atoms with Crippen molar-refractivity contribution in [1.29, 1.82) is 0 Å². The summed E-state index contributed by atoms with van der Waals surface area (Å²) in [6.07, 6.45) is 0. The van der Waals surface area contributed by atoms with E-state index in [4.69, 9.17) is 0 Å². The van der Waals surface area contributed by atoms with Crippen LogP contribution in [-0.2, 0) is 0 Å². The first-order valence-electron chi connectivity index (χ1n) is 4.84. The molecule has 0 radical (unpaired) electrons. The summed E-state index contributed by atoms with van der Waals surface area (Å²) in [5.74, 6) is -3.81. The Morgan fingerprint density at radius 2 is 1.56 bits per heavy atom. The van der Waals surface area contributed by atoms with Crippen LogP contribution in [0, 0.1) is 26.8 Å². The average Bonchev–Trinajstić information content (AvgIpc) is 2.29. The zero-order valence-corrected chi connectivity index (χ0v) is 10.9. The van der Waals surface area contributed by atoms with Crippen molar-refractivity contribution in [3.63, 3.8) is 0 Å². The Balaban J connectivity index is 2.40. The van der Waals surface area contributed by atoms with Crippen LogP contribution in [0.2, 0.25) is 0 Å². The van der Waals surface area contributed by atoms with Crippen molar-refractivity contribution in [3.8, 4) is 0 Å². The normalized spacial score (nSPS) is 10.5. The number of benzene rings is 2. The Hall–Kier alpha value is -1.31. The van der Waals surface area contributed by atoms with Gasteiger partial charge in [-0.1, -0.05) is 0 Å². The fraction of sp³-hybridized carbons (Fsp3) is 0. The van der Waals surface area contributed by atoms with Gasteiger partial charge >= 0.3 is 0 Å². The molecule has 0 saturated carbocycles. The molecule has 0 aliphatic heterocycles. The summed E-state index contributed by atoms with van der Waals surface area (Å²) in [6, 6.07) is 5.03. The summed E-state index contributed by atoms with van der Waals surface area (Å²) in [5.41, 5.74) is 0.0259. The van der Waals surface area contributed by atoms with Crippen molar-refractivity contribution in [2.75, 3.05) is 5.32 Å². The molecule has 0 spiro atoms. The second-order valence-corrected chi connectivity index (χ2v) is 4.66. The van der Waals surface area contributed by atoms with Gasteiger partial charge in [-0.2, -0.15) is 0 Å². The number of hydrogen-bond donors (Lipinski definition) is 1. The van der Waals surface area contributed by atoms with E-state index >= 15 is 0 Å². The van der Waals surface area contributed by atoms with Gasteiger partial charge in [0, 0.05) is 15.7 Å². The van der Waals surface area contributed by atoms with Crippen molar-refractivity contribution in [1.82, 2.24) is 0 Å². The third-order valence-corrected chi connectivity index (χ3v) is 3.09. The summed E-state index contributed by atoms with van der Waals surface area (Å²) in [5, 5.41) is 2.52. The van der Waals surface area contributed by atoms with Crippen LogP contribution in [0.1, 0.15) is 0 Å². The number of halogens is 5. The van der Waals surface area contributed by atoms with E-state index < -0.39 is 23.3 Å². The lowest BCUT2D eigenvalue weighted by Crippen LogP contribution is -1.99. The van der Waals surface area contributed by atoms with E-state index in [1.165, 1.54) is 12.1 Å². The predicted molar refractivity (Wildman–Crippen MR) is 68.7 cm³/mol. The molecule has 0 heterocycles. The highest BCUT2D eigenvalue weighted by molar-refractivity contribution is 14.1. The second kappa shape index (κ2) is 5.13. The standard InChI is InChI=1S/C12H6F4IN/c13-6-1-2-10(9(17)4-6)18-11-5-7(14)3-8(15)12(11)16/h1-5,18H. The minimum Gasteiger partial charge on any atom is -0.352 e. The van der Waals surface area contributed by atoms with E-state index in [0.717, 1.165) is 12.1 Å². The van der Waals surface area contributed by atoms with Crippen LogP contribution in [0.25, 0.3) is 0 Å². The van der Waals surface area contributed by atoms with Crippen LogP contribution in [0.3, 0.4) is 0 Å². The molecule has 0 atom stereocenters. The first kappa shape index (κ1) is 13.1. The van der Waals surface area contributed by atoms with Gasteiger partial charge in [-0.15, -0.1) is 0 Å². The first-order valence-corrected chi connectivity index (χ1v) is 5.92. The molecule has 0 aromatic heterocycles. The number of anilines is 2. The van der Waals surface area contributed by atoms with Gasteiger partial charge in [0.25, 0.3) is 0 Å². The van der Waals surface area contributed by atoms with Crippen LogP contribution >= 0.6 is 22.6 Å². The molecular weight excluding hydrogens is 361 g/mol. The minimum atomic E-state index is -1.28. The molecule has 0 unspecified atom stereocenters. The van der Waals surface area contributed by atoms with Gasteiger partial charge in [0.1, 0.15) is 11.6 Å². The monoisotopic (exact) mass is 367 g/mol. The lowest BCUT2D eigenvalue weighted by Gasteiger charge is -2.10. The van der Waals surface area contributed by atoms with E-state index in [-0.39, 0.29) is 5.69 Å². The van der Waals surface area contributed by atoms with Crippen LogP contribution in [0.4, 0.5) is 28.9 Å². The van der Waals surface area contributed by atoms with Gasteiger partial charge in [-0.05, 0) is 40.8 Å². The first-order chi connectivity index (χ1) is 8.47. The Bertz CT molecular complexity index is 601. The van der Waals surface area contributed by atoms with Crippen LogP contribution < -0.4 is 5.32 Å². The highest BCUT2D eigenvalue weighted by Crippen LogP contribution is 2.26. The van der Waals surface area contributed by atoms with Gasteiger partial charge in [0.2, 0.25) is 0 Å². The fourth-order valence-electron chi connectivity index (χ4n) is 1.38. The molecule has 2 aromatic carbocycles. The maximum atomic E-state index is 13.4. The van der Waals surface area contributed by atoms with E-state index in [9.17, 15) is 17.6 Å². The zero-order chi connectivity index (χ0) is 13.3. The lowest BCUT2D eigenvalue weighted by atomic mass is 10.2. The highest BCUT2D eigenvalue weighted by atomic mass is 127. The summed E-state index contributed by atoms with van der Waals surface area (Å²) in [4.78, 5) is 0. The van der Waals surface area contributed by atoms with Gasteiger partial charge in [-0.3, -0.25) is 0 Å². The van der Waals surface area contributed by atoms with Crippen LogP contribution in [0.5, 0.6) is 0 Å². The summed E-state index contributed by atoms with van der Waals surface area (Å²) < 4.78 is 52.7. The smallest absolute Gasteiger partial charge is 0.182 e. The molecule has 94 valence electrons. The third-order valence-electron chi connectivity index (χ3n) is 2.19. The van der Waals surface area contributed by atoms with Crippen molar-refractivity contribution in [2.24, 2.45) is 0 Å². The summed E-state index contributed by atoms with van der Waals surface area (Å²) in [7, 11) is 0. The Labute approximate surface area is 114 Å². The molecule has 0 bridgehead atoms. The predicted octanol–water partition coefficient (Wildman–Crippen LogP) is 4.59. The Morgan fingerprint density at radius 1 is 0.833 bits per heavy atom. The molecule has 0 saturated heterocycles. The number of nitrogens with one attached hydrogen (secondary N) is 1. The lowest BCUT2D eigenvalue weighted by molar-refractivity contribution is 0.498. The topological polar surface area (TPSA) is 12.0 Å². The minimum absolute atomic E-state index is 0.336. The number of rotatable bonds is 2. The Morgan fingerprint density at radius 3 is 2.22 bits per heavy atom. The average molecular weight is 367 g/mol. The highest BCUT2D eigenvalue weighted by Gasteiger charge is 2.12. The molecule has 2 aromatic rings. The SMILES string of the molecule is Fc1ccc(Nc2cc(F)cc(F)c2F)c(I)c1.